The minimum absolute atomic E-state index is 0. The smallest absolute Gasteiger partial charge is 0.226 e. The van der Waals surface area contributed by atoms with Crippen LogP contribution in [0.1, 0.15) is 31.7 Å². The van der Waals surface area contributed by atoms with E-state index in [1.807, 2.05) is 17.9 Å². The number of halogens is 1. The van der Waals surface area contributed by atoms with Crippen molar-refractivity contribution in [3.05, 3.63) is 35.9 Å². The highest BCUT2D eigenvalue weighted by molar-refractivity contribution is 5.85. The van der Waals surface area contributed by atoms with Crippen LogP contribution < -0.4 is 5.73 Å². The molecule has 2 N–H and O–H groups in total. The normalized spacial score (nSPS) is 23.8. The van der Waals surface area contributed by atoms with Gasteiger partial charge in [-0.05, 0) is 18.9 Å². The molecule has 3 unspecified atom stereocenters. The van der Waals surface area contributed by atoms with Crippen LogP contribution in [0.15, 0.2) is 30.3 Å². The van der Waals surface area contributed by atoms with Crippen molar-refractivity contribution >= 4 is 18.3 Å². The highest BCUT2D eigenvalue weighted by Gasteiger charge is 2.35. The van der Waals surface area contributed by atoms with Gasteiger partial charge in [0.1, 0.15) is 0 Å². The third-order valence-electron chi connectivity index (χ3n) is 4.04. The van der Waals surface area contributed by atoms with E-state index in [-0.39, 0.29) is 30.3 Å². The molecule has 0 aromatic heterocycles. The Bertz CT molecular complexity index is 410. The first-order valence-corrected chi connectivity index (χ1v) is 6.70. The lowest BCUT2D eigenvalue weighted by molar-refractivity contribution is -0.135. The number of benzene rings is 1. The molecule has 1 saturated heterocycles. The number of nitrogens with two attached hydrogens (primary N) is 1. The summed E-state index contributed by atoms with van der Waals surface area (Å²) >= 11 is 0. The molecular formula is C15H23ClN2O. The maximum atomic E-state index is 12.2. The second-order valence-corrected chi connectivity index (χ2v) is 5.21. The molecule has 1 aromatic rings. The molecule has 0 aliphatic carbocycles. The van der Waals surface area contributed by atoms with E-state index in [4.69, 9.17) is 5.73 Å². The summed E-state index contributed by atoms with van der Waals surface area (Å²) in [6, 6.07) is 10.7. The van der Waals surface area contributed by atoms with Crippen LogP contribution >= 0.6 is 12.4 Å². The average Bonchev–Trinajstić information content (AvgIpc) is 2.80. The minimum atomic E-state index is -0.0676. The van der Waals surface area contributed by atoms with Crippen molar-refractivity contribution in [3.63, 3.8) is 0 Å². The molecule has 0 saturated carbocycles. The molecule has 1 aliphatic heterocycles. The van der Waals surface area contributed by atoms with Crippen molar-refractivity contribution in [1.29, 1.82) is 0 Å². The lowest BCUT2D eigenvalue weighted by Crippen LogP contribution is -2.40. The van der Waals surface area contributed by atoms with Gasteiger partial charge in [0.15, 0.2) is 0 Å². The second-order valence-electron chi connectivity index (χ2n) is 5.21. The molecule has 1 aromatic carbocycles. The molecule has 2 rings (SSSR count). The number of hydrogen-bond acceptors (Lipinski definition) is 2. The van der Waals surface area contributed by atoms with Crippen LogP contribution in [0.3, 0.4) is 0 Å². The van der Waals surface area contributed by atoms with Gasteiger partial charge in [-0.3, -0.25) is 4.79 Å². The van der Waals surface area contributed by atoms with Gasteiger partial charge < -0.3 is 10.6 Å². The largest absolute Gasteiger partial charge is 0.339 e. The zero-order valence-electron chi connectivity index (χ0n) is 11.6. The summed E-state index contributed by atoms with van der Waals surface area (Å²) in [6.07, 6.45) is 1.05. The quantitative estimate of drug-likeness (QED) is 0.925. The van der Waals surface area contributed by atoms with Crippen LogP contribution in [-0.2, 0) is 4.79 Å². The molecule has 0 bridgehead atoms. The predicted octanol–water partition coefficient (Wildman–Crippen LogP) is 2.41. The van der Waals surface area contributed by atoms with E-state index in [0.717, 1.165) is 13.0 Å². The van der Waals surface area contributed by atoms with Crippen LogP contribution in [0.25, 0.3) is 0 Å². The van der Waals surface area contributed by atoms with Crippen LogP contribution in [0.2, 0.25) is 0 Å². The molecule has 106 valence electrons. The Labute approximate surface area is 121 Å². The maximum Gasteiger partial charge on any atom is 0.226 e. The Kier molecular flexibility index (Phi) is 5.83. The Hall–Kier alpha value is -1.06. The summed E-state index contributed by atoms with van der Waals surface area (Å²) in [5, 5.41) is 0. The maximum absolute atomic E-state index is 12.2. The van der Waals surface area contributed by atoms with Crippen LogP contribution in [0, 0.1) is 5.92 Å². The van der Waals surface area contributed by atoms with Crippen molar-refractivity contribution in [2.45, 2.75) is 32.2 Å². The summed E-state index contributed by atoms with van der Waals surface area (Å²) in [5.41, 5.74) is 6.92. The summed E-state index contributed by atoms with van der Waals surface area (Å²) in [6.45, 7) is 5.33. The molecule has 1 fully saturated rings. The van der Waals surface area contributed by atoms with Gasteiger partial charge in [0.05, 0.1) is 0 Å². The monoisotopic (exact) mass is 282 g/mol. The van der Waals surface area contributed by atoms with E-state index in [9.17, 15) is 4.79 Å². The van der Waals surface area contributed by atoms with Gasteiger partial charge >= 0.3 is 0 Å². The zero-order chi connectivity index (χ0) is 13.1. The third kappa shape index (κ3) is 3.28. The highest BCUT2D eigenvalue weighted by atomic mass is 35.5. The van der Waals surface area contributed by atoms with E-state index in [1.165, 1.54) is 5.56 Å². The molecule has 0 spiro atoms. The molecular weight excluding hydrogens is 260 g/mol. The summed E-state index contributed by atoms with van der Waals surface area (Å²) < 4.78 is 0. The van der Waals surface area contributed by atoms with Gasteiger partial charge in [0.2, 0.25) is 5.91 Å². The third-order valence-corrected chi connectivity index (χ3v) is 4.04. The van der Waals surface area contributed by atoms with E-state index >= 15 is 0 Å². The molecule has 4 heteroatoms. The van der Waals surface area contributed by atoms with Crippen molar-refractivity contribution in [2.75, 3.05) is 13.1 Å². The van der Waals surface area contributed by atoms with Crippen LogP contribution in [0.4, 0.5) is 0 Å². The standard InChI is InChI=1S/C15H22N2O.ClH/c1-11(10-16)15(18)17-9-8-14(12(17)2)13-6-4-3-5-7-13;/h3-7,11-12,14H,8-10,16H2,1-2H3;1H. The first-order chi connectivity index (χ1) is 8.65. The Morgan fingerprint density at radius 2 is 2.05 bits per heavy atom. The number of nitrogens with zero attached hydrogens (tertiary/aromatic N) is 1. The van der Waals surface area contributed by atoms with E-state index in [2.05, 4.69) is 31.2 Å². The van der Waals surface area contributed by atoms with Crippen molar-refractivity contribution in [2.24, 2.45) is 11.7 Å². The van der Waals surface area contributed by atoms with E-state index in [0.29, 0.717) is 12.5 Å². The van der Waals surface area contributed by atoms with Gasteiger partial charge in [-0.25, -0.2) is 0 Å². The number of amides is 1. The average molecular weight is 283 g/mol. The first-order valence-electron chi connectivity index (χ1n) is 6.70. The molecule has 3 nitrogen and oxygen atoms in total. The molecule has 1 aliphatic rings. The van der Waals surface area contributed by atoms with Crippen molar-refractivity contribution in [3.8, 4) is 0 Å². The van der Waals surface area contributed by atoms with Gasteiger partial charge in [0.25, 0.3) is 0 Å². The fourth-order valence-electron chi connectivity index (χ4n) is 2.78. The molecule has 1 heterocycles. The van der Waals surface area contributed by atoms with Gasteiger partial charge in [-0.1, -0.05) is 37.3 Å². The summed E-state index contributed by atoms with van der Waals surface area (Å²) in [7, 11) is 0. The van der Waals surface area contributed by atoms with Crippen molar-refractivity contribution < 1.29 is 4.79 Å². The highest BCUT2D eigenvalue weighted by Crippen LogP contribution is 2.33. The van der Waals surface area contributed by atoms with E-state index < -0.39 is 0 Å². The summed E-state index contributed by atoms with van der Waals surface area (Å²) in [4.78, 5) is 14.2. The first kappa shape index (κ1) is 16.0. The fraction of sp³-hybridized carbons (Fsp3) is 0.533. The van der Waals surface area contributed by atoms with Crippen molar-refractivity contribution in [1.82, 2.24) is 4.90 Å². The molecule has 0 radical (unpaired) electrons. The number of hydrogen-bond donors (Lipinski definition) is 1. The predicted molar refractivity (Wildman–Crippen MR) is 80.4 cm³/mol. The number of rotatable bonds is 3. The second kappa shape index (κ2) is 6.92. The van der Waals surface area contributed by atoms with Crippen LogP contribution in [-0.4, -0.2) is 29.9 Å². The Morgan fingerprint density at radius 3 is 2.63 bits per heavy atom. The van der Waals surface area contributed by atoms with E-state index in [1.54, 1.807) is 0 Å². The Balaban J connectivity index is 0.00000180. The lowest BCUT2D eigenvalue weighted by atomic mass is 9.92. The molecule has 3 atom stereocenters. The fourth-order valence-corrected chi connectivity index (χ4v) is 2.78. The lowest BCUT2D eigenvalue weighted by Gasteiger charge is -2.27. The number of carbonyl (C=O) groups excluding carboxylic acids is 1. The topological polar surface area (TPSA) is 46.3 Å². The van der Waals surface area contributed by atoms with Gasteiger partial charge in [-0.2, -0.15) is 0 Å². The Morgan fingerprint density at radius 1 is 1.42 bits per heavy atom. The number of likely N-dealkylation sites (tertiary alicyclic amines) is 1. The van der Waals surface area contributed by atoms with Gasteiger partial charge in [0, 0.05) is 31.0 Å². The minimum Gasteiger partial charge on any atom is -0.339 e. The van der Waals surface area contributed by atoms with Crippen LogP contribution in [0.5, 0.6) is 0 Å². The number of carbonyl (C=O) groups is 1. The van der Waals surface area contributed by atoms with Gasteiger partial charge in [-0.15, -0.1) is 12.4 Å². The molecule has 19 heavy (non-hydrogen) atoms. The summed E-state index contributed by atoms with van der Waals surface area (Å²) in [5.74, 6) is 0.588. The zero-order valence-corrected chi connectivity index (χ0v) is 12.4. The SMILES string of the molecule is CC(CN)C(=O)N1CCC(c2ccccc2)C1C.Cl. The molecule has 1 amide bonds.